The van der Waals surface area contributed by atoms with E-state index in [4.69, 9.17) is 11.6 Å². The second-order valence-corrected chi connectivity index (χ2v) is 6.18. The molecule has 0 unspecified atom stereocenters. The molecule has 5 heteroatoms. The van der Waals surface area contributed by atoms with Gasteiger partial charge in [0.25, 0.3) is 5.91 Å². The highest BCUT2D eigenvalue weighted by Gasteiger charge is 2.14. The fourth-order valence-corrected chi connectivity index (χ4v) is 2.92. The summed E-state index contributed by atoms with van der Waals surface area (Å²) in [6, 6.07) is 19.4. The summed E-state index contributed by atoms with van der Waals surface area (Å²) in [4.78, 5) is 12.9. The fourth-order valence-electron chi connectivity index (χ4n) is 2.71. The van der Waals surface area contributed by atoms with E-state index in [2.05, 4.69) is 10.4 Å². The van der Waals surface area contributed by atoms with Crippen molar-refractivity contribution >= 4 is 29.2 Å². The largest absolute Gasteiger partial charge is 0.346 e. The van der Waals surface area contributed by atoms with Gasteiger partial charge in [0.1, 0.15) is 0 Å². The van der Waals surface area contributed by atoms with E-state index in [1.807, 2.05) is 73.7 Å². The van der Waals surface area contributed by atoms with Crippen LogP contribution in [0.2, 0.25) is 5.02 Å². The quantitative estimate of drug-likeness (QED) is 0.519. The zero-order valence-electron chi connectivity index (χ0n) is 14.5. The molecule has 1 heterocycles. The number of aromatic nitrogens is 2. The monoisotopic (exact) mass is 365 g/mol. The van der Waals surface area contributed by atoms with Crippen LogP contribution in [-0.2, 0) is 17.9 Å². The standard InChI is InChI=1S/C21H20ClN3O/c1-2-25-20(19(22)14-24-25)15-23-21(26)18(17-11-7-4-8-12-17)13-16-9-5-3-6-10-16/h3-14H,2,15H2,1H3,(H,23,26)/b18-13-. The fraction of sp³-hybridized carbons (Fsp3) is 0.143. The summed E-state index contributed by atoms with van der Waals surface area (Å²) < 4.78 is 1.78. The molecule has 4 nitrogen and oxygen atoms in total. The molecule has 0 fully saturated rings. The molecule has 0 aliphatic heterocycles. The average molecular weight is 366 g/mol. The van der Waals surface area contributed by atoms with E-state index in [0.29, 0.717) is 23.7 Å². The number of nitrogens with zero attached hydrogens (tertiary/aromatic N) is 2. The highest BCUT2D eigenvalue weighted by Crippen LogP contribution is 2.20. The second kappa shape index (κ2) is 8.50. The predicted molar refractivity (Wildman–Crippen MR) is 106 cm³/mol. The lowest BCUT2D eigenvalue weighted by molar-refractivity contribution is -0.115. The molecule has 132 valence electrons. The maximum absolute atomic E-state index is 12.9. The molecule has 1 N–H and O–H groups in total. The third kappa shape index (κ3) is 4.21. The molecule has 0 saturated heterocycles. The molecular formula is C21H20ClN3O. The lowest BCUT2D eigenvalue weighted by Gasteiger charge is -2.11. The maximum atomic E-state index is 12.9. The van der Waals surface area contributed by atoms with Crippen molar-refractivity contribution in [1.82, 2.24) is 15.1 Å². The second-order valence-electron chi connectivity index (χ2n) is 5.77. The number of rotatable bonds is 6. The van der Waals surface area contributed by atoms with Crippen LogP contribution in [-0.4, -0.2) is 15.7 Å². The summed E-state index contributed by atoms with van der Waals surface area (Å²) in [5, 5.41) is 7.72. The summed E-state index contributed by atoms with van der Waals surface area (Å²) in [6.07, 6.45) is 3.49. The van der Waals surface area contributed by atoms with Gasteiger partial charge in [0.15, 0.2) is 0 Å². The molecule has 3 rings (SSSR count). The minimum atomic E-state index is -0.153. The van der Waals surface area contributed by atoms with Gasteiger partial charge in [-0.05, 0) is 24.1 Å². The van der Waals surface area contributed by atoms with Gasteiger partial charge in [-0.1, -0.05) is 72.3 Å². The Morgan fingerprint density at radius 2 is 1.77 bits per heavy atom. The van der Waals surface area contributed by atoms with Crippen molar-refractivity contribution in [3.63, 3.8) is 0 Å². The van der Waals surface area contributed by atoms with Crippen molar-refractivity contribution < 1.29 is 4.79 Å². The Hall–Kier alpha value is -2.85. The van der Waals surface area contributed by atoms with Gasteiger partial charge in [0.2, 0.25) is 0 Å². The average Bonchev–Trinajstić information content (AvgIpc) is 3.05. The van der Waals surface area contributed by atoms with E-state index < -0.39 is 0 Å². The van der Waals surface area contributed by atoms with Crippen LogP contribution in [0.25, 0.3) is 11.6 Å². The number of halogens is 1. The Morgan fingerprint density at radius 1 is 1.12 bits per heavy atom. The Kier molecular flexibility index (Phi) is 5.87. The molecule has 0 aliphatic rings. The van der Waals surface area contributed by atoms with Crippen molar-refractivity contribution in [2.24, 2.45) is 0 Å². The van der Waals surface area contributed by atoms with Crippen LogP contribution in [0.15, 0.2) is 66.9 Å². The molecule has 1 amide bonds. The Labute approximate surface area is 158 Å². The van der Waals surface area contributed by atoms with Crippen LogP contribution in [0.4, 0.5) is 0 Å². The topological polar surface area (TPSA) is 46.9 Å². The Bertz CT molecular complexity index is 902. The normalized spacial score (nSPS) is 11.4. The number of carbonyl (C=O) groups is 1. The van der Waals surface area contributed by atoms with E-state index in [0.717, 1.165) is 16.8 Å². The summed E-state index contributed by atoms with van der Waals surface area (Å²) in [7, 11) is 0. The van der Waals surface area contributed by atoms with E-state index in [1.165, 1.54) is 0 Å². The maximum Gasteiger partial charge on any atom is 0.252 e. The molecule has 2 aromatic carbocycles. The minimum absolute atomic E-state index is 0.153. The van der Waals surface area contributed by atoms with Gasteiger partial charge in [0.05, 0.1) is 23.5 Å². The van der Waals surface area contributed by atoms with Gasteiger partial charge < -0.3 is 5.32 Å². The van der Waals surface area contributed by atoms with Crippen molar-refractivity contribution in [1.29, 1.82) is 0 Å². The minimum Gasteiger partial charge on any atom is -0.346 e. The van der Waals surface area contributed by atoms with E-state index >= 15 is 0 Å². The first kappa shape index (κ1) is 18.0. The van der Waals surface area contributed by atoms with Crippen LogP contribution in [0.1, 0.15) is 23.7 Å². The summed E-state index contributed by atoms with van der Waals surface area (Å²) in [5.74, 6) is -0.153. The first-order valence-corrected chi connectivity index (χ1v) is 8.87. The number of hydrogen-bond acceptors (Lipinski definition) is 2. The van der Waals surface area contributed by atoms with Crippen LogP contribution >= 0.6 is 11.6 Å². The first-order valence-electron chi connectivity index (χ1n) is 8.49. The third-order valence-corrected chi connectivity index (χ3v) is 4.37. The SMILES string of the molecule is CCn1ncc(Cl)c1CNC(=O)/C(=C\c1ccccc1)c1ccccc1. The summed E-state index contributed by atoms with van der Waals surface area (Å²) in [5.41, 5.74) is 3.24. The van der Waals surface area contributed by atoms with Crippen molar-refractivity contribution in [3.8, 4) is 0 Å². The number of aryl methyl sites for hydroxylation is 1. The van der Waals surface area contributed by atoms with Crippen LogP contribution in [0.3, 0.4) is 0 Å². The molecule has 0 saturated carbocycles. The van der Waals surface area contributed by atoms with E-state index in [1.54, 1.807) is 10.9 Å². The Balaban J connectivity index is 1.86. The molecule has 0 spiro atoms. The molecule has 26 heavy (non-hydrogen) atoms. The number of carbonyl (C=O) groups excluding carboxylic acids is 1. The van der Waals surface area contributed by atoms with Crippen molar-refractivity contribution in [3.05, 3.63) is 88.7 Å². The van der Waals surface area contributed by atoms with Crippen molar-refractivity contribution in [2.75, 3.05) is 0 Å². The van der Waals surface area contributed by atoms with E-state index in [9.17, 15) is 4.79 Å². The molecule has 3 aromatic rings. The highest BCUT2D eigenvalue weighted by molar-refractivity contribution is 6.31. The lowest BCUT2D eigenvalue weighted by Crippen LogP contribution is -2.25. The number of hydrogen-bond donors (Lipinski definition) is 1. The van der Waals surface area contributed by atoms with Gasteiger partial charge in [-0.25, -0.2) is 0 Å². The predicted octanol–water partition coefficient (Wildman–Crippen LogP) is 4.41. The first-order chi connectivity index (χ1) is 12.7. The smallest absolute Gasteiger partial charge is 0.252 e. The summed E-state index contributed by atoms with van der Waals surface area (Å²) >= 11 is 6.18. The molecule has 0 aliphatic carbocycles. The Morgan fingerprint density at radius 3 is 2.42 bits per heavy atom. The number of benzene rings is 2. The number of nitrogens with one attached hydrogen (secondary N) is 1. The van der Waals surface area contributed by atoms with E-state index in [-0.39, 0.29) is 5.91 Å². The van der Waals surface area contributed by atoms with Gasteiger partial charge in [-0.2, -0.15) is 5.10 Å². The van der Waals surface area contributed by atoms with Crippen LogP contribution in [0, 0.1) is 0 Å². The van der Waals surface area contributed by atoms with Gasteiger partial charge in [-0.3, -0.25) is 9.48 Å². The van der Waals surface area contributed by atoms with Gasteiger partial charge >= 0.3 is 0 Å². The molecule has 0 bridgehead atoms. The molecule has 0 radical (unpaired) electrons. The highest BCUT2D eigenvalue weighted by atomic mass is 35.5. The number of amides is 1. The molecule has 0 atom stereocenters. The summed E-state index contributed by atoms with van der Waals surface area (Å²) in [6.45, 7) is 3.01. The van der Waals surface area contributed by atoms with Crippen LogP contribution < -0.4 is 5.32 Å². The lowest BCUT2D eigenvalue weighted by atomic mass is 10.0. The molecule has 1 aromatic heterocycles. The molecular weight excluding hydrogens is 346 g/mol. The zero-order chi connectivity index (χ0) is 18.4. The van der Waals surface area contributed by atoms with Crippen molar-refractivity contribution in [2.45, 2.75) is 20.0 Å². The van der Waals surface area contributed by atoms with Gasteiger partial charge in [-0.15, -0.1) is 0 Å². The third-order valence-electron chi connectivity index (χ3n) is 4.05. The van der Waals surface area contributed by atoms with Crippen LogP contribution in [0.5, 0.6) is 0 Å². The van der Waals surface area contributed by atoms with Gasteiger partial charge in [0, 0.05) is 12.1 Å². The zero-order valence-corrected chi connectivity index (χ0v) is 15.3.